The molecule has 0 radical (unpaired) electrons. The van der Waals surface area contributed by atoms with Gasteiger partial charge in [-0.05, 0) is 48.0 Å². The van der Waals surface area contributed by atoms with Gasteiger partial charge in [-0.3, -0.25) is 19.6 Å². The van der Waals surface area contributed by atoms with Gasteiger partial charge in [-0.25, -0.2) is 8.42 Å². The van der Waals surface area contributed by atoms with E-state index in [4.69, 9.17) is 0 Å². The predicted octanol–water partition coefficient (Wildman–Crippen LogP) is 3.93. The summed E-state index contributed by atoms with van der Waals surface area (Å²) in [6.07, 6.45) is 0. The van der Waals surface area contributed by atoms with Crippen molar-refractivity contribution >= 4 is 27.3 Å². The lowest BCUT2D eigenvalue weighted by Crippen LogP contribution is -2.22. The quantitative estimate of drug-likeness (QED) is 0.355. The van der Waals surface area contributed by atoms with Gasteiger partial charge >= 0.3 is 6.61 Å². The Hall–Kier alpha value is -4.06. The molecule has 3 aromatic carbocycles. The fourth-order valence-electron chi connectivity index (χ4n) is 2.74. The second-order valence-corrected chi connectivity index (χ2v) is 8.32. The third-order valence-electron chi connectivity index (χ3n) is 4.34. The van der Waals surface area contributed by atoms with Crippen LogP contribution in [0.2, 0.25) is 0 Å². The van der Waals surface area contributed by atoms with Gasteiger partial charge in [0.2, 0.25) is 0 Å². The van der Waals surface area contributed by atoms with Crippen LogP contribution < -0.4 is 14.8 Å². The Kier molecular flexibility index (Phi) is 7.18. The van der Waals surface area contributed by atoms with Crippen molar-refractivity contribution in [2.45, 2.75) is 18.1 Å². The topological polar surface area (TPSA) is 128 Å². The number of hydrogen-bond acceptors (Lipinski definition) is 6. The zero-order valence-corrected chi connectivity index (χ0v) is 17.6. The van der Waals surface area contributed by atoms with Crippen LogP contribution in [-0.2, 0) is 16.6 Å². The van der Waals surface area contributed by atoms with E-state index in [2.05, 4.69) is 14.8 Å². The molecular formula is C21H17F2N3O6S. The number of rotatable bonds is 9. The van der Waals surface area contributed by atoms with E-state index in [-0.39, 0.29) is 34.1 Å². The third kappa shape index (κ3) is 6.46. The highest BCUT2D eigenvalue weighted by atomic mass is 32.2. The van der Waals surface area contributed by atoms with Crippen LogP contribution in [-0.4, -0.2) is 25.9 Å². The lowest BCUT2D eigenvalue weighted by atomic mass is 10.2. The number of anilines is 1. The van der Waals surface area contributed by atoms with Gasteiger partial charge < -0.3 is 10.1 Å². The van der Waals surface area contributed by atoms with Crippen molar-refractivity contribution in [3.05, 3.63) is 94.0 Å². The highest BCUT2D eigenvalue weighted by Crippen LogP contribution is 2.21. The molecule has 3 aromatic rings. The zero-order valence-electron chi connectivity index (χ0n) is 16.8. The number of nitro benzene ring substituents is 1. The number of non-ortho nitro benzene ring substituents is 1. The second-order valence-electron chi connectivity index (χ2n) is 6.64. The van der Waals surface area contributed by atoms with E-state index in [9.17, 15) is 32.1 Å². The van der Waals surface area contributed by atoms with Gasteiger partial charge in [-0.1, -0.05) is 18.2 Å². The Morgan fingerprint density at radius 1 is 1.03 bits per heavy atom. The molecule has 0 saturated carbocycles. The molecule has 0 fully saturated rings. The number of carbonyl (C=O) groups excluding carboxylic acids is 1. The molecule has 0 aromatic heterocycles. The summed E-state index contributed by atoms with van der Waals surface area (Å²) in [5.41, 5.74) is 0.714. The first-order valence-electron chi connectivity index (χ1n) is 9.33. The molecule has 1 amide bonds. The number of nitrogens with zero attached hydrogens (tertiary/aromatic N) is 1. The monoisotopic (exact) mass is 477 g/mol. The molecule has 0 aliphatic carbocycles. The average molecular weight is 477 g/mol. The lowest BCUT2D eigenvalue weighted by Gasteiger charge is -2.10. The summed E-state index contributed by atoms with van der Waals surface area (Å²) >= 11 is 0. The summed E-state index contributed by atoms with van der Waals surface area (Å²) < 4.78 is 55.8. The Labute approximate surface area is 187 Å². The number of hydrogen-bond donors (Lipinski definition) is 2. The number of nitrogens with one attached hydrogen (secondary N) is 2. The first-order valence-corrected chi connectivity index (χ1v) is 10.8. The molecule has 0 spiro atoms. The molecule has 0 aliphatic rings. The van der Waals surface area contributed by atoms with Crippen molar-refractivity contribution in [1.82, 2.24) is 5.32 Å². The van der Waals surface area contributed by atoms with E-state index >= 15 is 0 Å². The molecule has 2 N–H and O–H groups in total. The molecule has 0 saturated heterocycles. The Morgan fingerprint density at radius 2 is 1.70 bits per heavy atom. The normalized spacial score (nSPS) is 11.1. The van der Waals surface area contributed by atoms with Crippen LogP contribution >= 0.6 is 0 Å². The number of sulfonamides is 1. The van der Waals surface area contributed by atoms with Crippen LogP contribution in [0.5, 0.6) is 5.75 Å². The van der Waals surface area contributed by atoms with Crippen molar-refractivity contribution in [1.29, 1.82) is 0 Å². The molecule has 0 unspecified atom stereocenters. The summed E-state index contributed by atoms with van der Waals surface area (Å²) in [7, 11) is -4.07. The van der Waals surface area contributed by atoms with E-state index in [1.165, 1.54) is 66.7 Å². The number of amides is 1. The minimum Gasteiger partial charge on any atom is -0.435 e. The summed E-state index contributed by atoms with van der Waals surface area (Å²) in [5.74, 6) is -0.431. The number of ether oxygens (including phenoxy) is 1. The molecule has 33 heavy (non-hydrogen) atoms. The summed E-state index contributed by atoms with van der Waals surface area (Å²) in [6, 6.07) is 15.9. The fraction of sp³-hybridized carbons (Fsp3) is 0.0952. The number of carbonyl (C=O) groups is 1. The smallest absolute Gasteiger partial charge is 0.387 e. The first-order chi connectivity index (χ1) is 15.6. The van der Waals surface area contributed by atoms with E-state index < -0.39 is 27.5 Å². The predicted molar refractivity (Wildman–Crippen MR) is 115 cm³/mol. The van der Waals surface area contributed by atoms with Gasteiger partial charge in [0.05, 0.1) is 9.82 Å². The number of benzene rings is 3. The van der Waals surface area contributed by atoms with Crippen molar-refractivity contribution in [2.75, 3.05) is 4.72 Å². The lowest BCUT2D eigenvalue weighted by molar-refractivity contribution is -0.385. The van der Waals surface area contributed by atoms with Crippen LogP contribution in [0.4, 0.5) is 20.2 Å². The Morgan fingerprint density at radius 3 is 2.30 bits per heavy atom. The van der Waals surface area contributed by atoms with Gasteiger partial charge in [0.25, 0.3) is 21.6 Å². The summed E-state index contributed by atoms with van der Waals surface area (Å²) in [4.78, 5) is 22.2. The summed E-state index contributed by atoms with van der Waals surface area (Å²) in [6.45, 7) is -2.79. The van der Waals surface area contributed by atoms with Gasteiger partial charge in [0.15, 0.2) is 0 Å². The van der Waals surface area contributed by atoms with E-state index in [0.29, 0.717) is 5.56 Å². The van der Waals surface area contributed by atoms with E-state index in [0.717, 1.165) is 6.07 Å². The average Bonchev–Trinajstić information content (AvgIpc) is 2.78. The van der Waals surface area contributed by atoms with Gasteiger partial charge in [-0.15, -0.1) is 0 Å². The second kappa shape index (κ2) is 10.0. The van der Waals surface area contributed by atoms with Crippen LogP contribution in [0.25, 0.3) is 0 Å². The number of nitro groups is 1. The standard InChI is InChI=1S/C21H17F2N3O6S/c22-21(23)32-18-10-4-14(5-11-18)13-24-20(27)15-6-8-16(9-7-15)25-33(30,31)19-3-1-2-17(12-19)26(28)29/h1-12,21,25H,13H2,(H,24,27). The molecule has 172 valence electrons. The molecule has 0 aliphatic heterocycles. The van der Waals surface area contributed by atoms with Crippen molar-refractivity contribution < 1.29 is 31.7 Å². The number of halogens is 2. The first kappa shape index (κ1) is 23.6. The molecular weight excluding hydrogens is 460 g/mol. The van der Waals surface area contributed by atoms with Gasteiger partial charge in [0, 0.05) is 29.9 Å². The van der Waals surface area contributed by atoms with E-state index in [1.807, 2.05) is 0 Å². The maximum absolute atomic E-state index is 12.5. The fourth-order valence-corrected chi connectivity index (χ4v) is 3.84. The minimum absolute atomic E-state index is 0.00299. The van der Waals surface area contributed by atoms with Crippen LogP contribution in [0.1, 0.15) is 15.9 Å². The largest absolute Gasteiger partial charge is 0.435 e. The third-order valence-corrected chi connectivity index (χ3v) is 5.72. The molecule has 0 heterocycles. The van der Waals surface area contributed by atoms with Crippen molar-refractivity contribution in [3.63, 3.8) is 0 Å². The van der Waals surface area contributed by atoms with Crippen molar-refractivity contribution in [2.24, 2.45) is 0 Å². The van der Waals surface area contributed by atoms with E-state index in [1.54, 1.807) is 0 Å². The molecule has 12 heteroatoms. The molecule has 9 nitrogen and oxygen atoms in total. The van der Waals surface area contributed by atoms with Gasteiger partial charge in [0.1, 0.15) is 5.75 Å². The maximum atomic E-state index is 12.5. The highest BCUT2D eigenvalue weighted by molar-refractivity contribution is 7.92. The zero-order chi connectivity index (χ0) is 24.0. The molecule has 3 rings (SSSR count). The van der Waals surface area contributed by atoms with Gasteiger partial charge in [-0.2, -0.15) is 8.78 Å². The minimum atomic E-state index is -4.07. The number of alkyl halides is 2. The Bertz CT molecular complexity index is 1250. The Balaban J connectivity index is 1.60. The van der Waals surface area contributed by atoms with Crippen LogP contribution in [0.3, 0.4) is 0 Å². The molecule has 0 atom stereocenters. The van der Waals surface area contributed by atoms with Crippen molar-refractivity contribution in [3.8, 4) is 5.75 Å². The van der Waals surface area contributed by atoms with Crippen LogP contribution in [0, 0.1) is 10.1 Å². The maximum Gasteiger partial charge on any atom is 0.387 e. The summed E-state index contributed by atoms with van der Waals surface area (Å²) in [5, 5.41) is 13.5. The highest BCUT2D eigenvalue weighted by Gasteiger charge is 2.18. The molecule has 0 bridgehead atoms. The SMILES string of the molecule is O=C(NCc1ccc(OC(F)F)cc1)c1ccc(NS(=O)(=O)c2cccc([N+](=O)[O-])c2)cc1. The van der Waals surface area contributed by atoms with Crippen LogP contribution in [0.15, 0.2) is 77.7 Å².